The summed E-state index contributed by atoms with van der Waals surface area (Å²) < 4.78 is 38.2. The highest BCUT2D eigenvalue weighted by Crippen LogP contribution is 2.27. The molecule has 3 aromatic carbocycles. The molecule has 4 rings (SSSR count). The fraction of sp³-hybridized carbons (Fsp3) is 0.150. The summed E-state index contributed by atoms with van der Waals surface area (Å²) in [6.45, 7) is 0.281. The fourth-order valence-electron chi connectivity index (χ4n) is 3.20. The number of likely N-dealkylation sites (tertiary alicyclic amines) is 1. The minimum Gasteiger partial charge on any atom is -0.336 e. The van der Waals surface area contributed by atoms with Gasteiger partial charge in [0.05, 0.1) is 4.90 Å². The van der Waals surface area contributed by atoms with Gasteiger partial charge >= 0.3 is 0 Å². The van der Waals surface area contributed by atoms with Gasteiger partial charge in [-0.3, -0.25) is 4.79 Å². The number of fused-ring (bicyclic) bond motifs is 1. The normalized spacial score (nSPS) is 15.0. The lowest BCUT2D eigenvalue weighted by Crippen LogP contribution is -2.56. The van der Waals surface area contributed by atoms with E-state index < -0.39 is 20.9 Å². The fourth-order valence-corrected chi connectivity index (χ4v) is 4.85. The first-order valence-corrected chi connectivity index (χ1v) is 9.78. The van der Waals surface area contributed by atoms with Gasteiger partial charge in [-0.05, 0) is 41.1 Å². The maximum atomic E-state index is 13.0. The van der Waals surface area contributed by atoms with Gasteiger partial charge in [-0.2, -0.15) is 0 Å². The molecular weight excluding hydrogens is 353 g/mol. The van der Waals surface area contributed by atoms with Crippen LogP contribution in [0, 0.1) is 5.82 Å². The van der Waals surface area contributed by atoms with E-state index in [2.05, 4.69) is 0 Å². The Hall–Kier alpha value is -2.73. The van der Waals surface area contributed by atoms with Gasteiger partial charge in [-0.15, -0.1) is 0 Å². The molecule has 26 heavy (non-hydrogen) atoms. The second-order valence-electron chi connectivity index (χ2n) is 6.36. The number of benzene rings is 3. The molecule has 4 nitrogen and oxygen atoms in total. The van der Waals surface area contributed by atoms with Crippen molar-refractivity contribution in [1.29, 1.82) is 0 Å². The Morgan fingerprint density at radius 1 is 0.923 bits per heavy atom. The molecule has 0 spiro atoms. The summed E-state index contributed by atoms with van der Waals surface area (Å²) in [4.78, 5) is 14.4. The second-order valence-corrected chi connectivity index (χ2v) is 8.59. The number of rotatable bonds is 3. The summed E-state index contributed by atoms with van der Waals surface area (Å²) in [6.07, 6.45) is 0. The average Bonchev–Trinajstić information content (AvgIpc) is 2.60. The van der Waals surface area contributed by atoms with Crippen LogP contribution in [0.3, 0.4) is 0 Å². The molecule has 132 valence electrons. The molecule has 1 saturated heterocycles. The molecule has 1 heterocycles. The molecule has 0 saturated carbocycles. The molecule has 3 aromatic rings. The molecule has 0 aromatic heterocycles. The molecule has 0 N–H and O–H groups in total. The molecular formula is C20H16FNO3S. The number of carbonyl (C=O) groups excluding carboxylic acids is 1. The van der Waals surface area contributed by atoms with Crippen molar-refractivity contribution in [2.24, 2.45) is 0 Å². The Morgan fingerprint density at radius 3 is 2.31 bits per heavy atom. The molecule has 0 aliphatic carbocycles. The quantitative estimate of drug-likeness (QED) is 0.666. The van der Waals surface area contributed by atoms with Crippen LogP contribution >= 0.6 is 0 Å². The number of halogens is 1. The zero-order valence-electron chi connectivity index (χ0n) is 13.8. The summed E-state index contributed by atoms with van der Waals surface area (Å²) in [5.41, 5.74) is 0.570. The molecule has 6 heteroatoms. The van der Waals surface area contributed by atoms with Crippen LogP contribution in [0.1, 0.15) is 10.4 Å². The van der Waals surface area contributed by atoms with Crippen molar-refractivity contribution < 1.29 is 17.6 Å². The first kappa shape index (κ1) is 16.7. The third-order valence-electron chi connectivity index (χ3n) is 4.74. The van der Waals surface area contributed by atoms with E-state index in [9.17, 15) is 17.6 Å². The van der Waals surface area contributed by atoms with Crippen molar-refractivity contribution in [1.82, 2.24) is 4.90 Å². The van der Waals surface area contributed by atoms with Gasteiger partial charge in [0.25, 0.3) is 5.91 Å². The van der Waals surface area contributed by atoms with Crippen LogP contribution in [0.5, 0.6) is 0 Å². The molecule has 1 amide bonds. The third kappa shape index (κ3) is 2.76. The lowest BCUT2D eigenvalue weighted by Gasteiger charge is -2.38. The highest BCUT2D eigenvalue weighted by Gasteiger charge is 2.41. The van der Waals surface area contributed by atoms with Crippen molar-refractivity contribution in [3.8, 4) is 0 Å². The second kappa shape index (κ2) is 6.21. The number of sulfone groups is 1. The number of hydrogen-bond donors (Lipinski definition) is 0. The summed E-state index contributed by atoms with van der Waals surface area (Å²) in [5.74, 6) is -0.655. The van der Waals surface area contributed by atoms with Gasteiger partial charge in [0.2, 0.25) is 0 Å². The van der Waals surface area contributed by atoms with Gasteiger partial charge in [0, 0.05) is 18.7 Å². The van der Waals surface area contributed by atoms with Crippen LogP contribution in [0.2, 0.25) is 0 Å². The summed E-state index contributed by atoms with van der Waals surface area (Å²) in [5, 5.41) is 1.16. The average molecular weight is 369 g/mol. The predicted molar refractivity (Wildman–Crippen MR) is 97.2 cm³/mol. The lowest BCUT2D eigenvalue weighted by molar-refractivity contribution is 0.0661. The summed E-state index contributed by atoms with van der Waals surface area (Å²) in [7, 11) is -3.57. The first-order valence-electron chi connectivity index (χ1n) is 8.23. The van der Waals surface area contributed by atoms with E-state index in [1.54, 1.807) is 6.07 Å². The zero-order chi connectivity index (χ0) is 18.3. The van der Waals surface area contributed by atoms with E-state index in [1.807, 2.05) is 36.4 Å². The van der Waals surface area contributed by atoms with E-state index in [-0.39, 0.29) is 23.9 Å². The van der Waals surface area contributed by atoms with Gasteiger partial charge < -0.3 is 4.90 Å². The highest BCUT2D eigenvalue weighted by atomic mass is 32.2. The number of amides is 1. The van der Waals surface area contributed by atoms with Crippen LogP contribution in [-0.4, -0.2) is 37.6 Å². The van der Waals surface area contributed by atoms with Crippen LogP contribution in [0.25, 0.3) is 10.8 Å². The van der Waals surface area contributed by atoms with Gasteiger partial charge in [-0.25, -0.2) is 12.8 Å². The maximum Gasteiger partial charge on any atom is 0.254 e. The summed E-state index contributed by atoms with van der Waals surface area (Å²) >= 11 is 0. The van der Waals surface area contributed by atoms with Crippen LogP contribution < -0.4 is 0 Å². The Bertz CT molecular complexity index is 1080. The maximum absolute atomic E-state index is 13.0. The smallest absolute Gasteiger partial charge is 0.254 e. The first-order chi connectivity index (χ1) is 12.5. The Kier molecular flexibility index (Phi) is 4.00. The largest absolute Gasteiger partial charge is 0.336 e. The van der Waals surface area contributed by atoms with Gasteiger partial charge in [0.15, 0.2) is 9.84 Å². The van der Waals surface area contributed by atoms with E-state index in [0.29, 0.717) is 5.56 Å². The van der Waals surface area contributed by atoms with E-state index in [0.717, 1.165) is 22.9 Å². The lowest BCUT2D eigenvalue weighted by atomic mass is 10.0. The van der Waals surface area contributed by atoms with Crippen molar-refractivity contribution in [3.05, 3.63) is 78.1 Å². The van der Waals surface area contributed by atoms with Crippen LogP contribution in [0.15, 0.2) is 71.6 Å². The highest BCUT2D eigenvalue weighted by molar-refractivity contribution is 7.92. The third-order valence-corrected chi connectivity index (χ3v) is 6.84. The van der Waals surface area contributed by atoms with Crippen molar-refractivity contribution in [2.75, 3.05) is 13.1 Å². The van der Waals surface area contributed by atoms with Crippen molar-refractivity contribution in [2.45, 2.75) is 10.1 Å². The molecule has 0 atom stereocenters. The molecule has 0 bridgehead atoms. The Balaban J connectivity index is 1.54. The van der Waals surface area contributed by atoms with E-state index in [4.69, 9.17) is 0 Å². The SMILES string of the molecule is O=C(c1cccc2ccccc12)N1CC(S(=O)(=O)c2ccc(F)cc2)C1. The minimum atomic E-state index is -3.57. The predicted octanol–water partition coefficient (Wildman–Crippen LogP) is 3.28. The Morgan fingerprint density at radius 2 is 1.58 bits per heavy atom. The van der Waals surface area contributed by atoms with Gasteiger partial charge in [-0.1, -0.05) is 36.4 Å². The van der Waals surface area contributed by atoms with Crippen molar-refractivity contribution in [3.63, 3.8) is 0 Å². The zero-order valence-corrected chi connectivity index (χ0v) is 14.6. The topological polar surface area (TPSA) is 54.5 Å². The van der Waals surface area contributed by atoms with Gasteiger partial charge in [0.1, 0.15) is 11.1 Å². The molecule has 0 radical (unpaired) electrons. The molecule has 1 fully saturated rings. The number of hydrogen-bond acceptors (Lipinski definition) is 3. The molecule has 1 aliphatic heterocycles. The minimum absolute atomic E-state index is 0.0844. The number of nitrogens with zero attached hydrogens (tertiary/aromatic N) is 1. The molecule has 0 unspecified atom stereocenters. The monoisotopic (exact) mass is 369 g/mol. The van der Waals surface area contributed by atoms with E-state index in [1.165, 1.54) is 17.0 Å². The number of carbonyl (C=O) groups is 1. The van der Waals surface area contributed by atoms with Crippen LogP contribution in [-0.2, 0) is 9.84 Å². The van der Waals surface area contributed by atoms with Crippen LogP contribution in [0.4, 0.5) is 4.39 Å². The standard InChI is InChI=1S/C20H16FNO3S/c21-15-8-10-16(11-9-15)26(24,25)17-12-22(13-17)20(23)19-7-3-5-14-4-1-2-6-18(14)19/h1-11,17H,12-13H2. The van der Waals surface area contributed by atoms with E-state index >= 15 is 0 Å². The Labute approximate surface area is 150 Å². The molecule has 1 aliphatic rings. The van der Waals surface area contributed by atoms with Crippen molar-refractivity contribution >= 4 is 26.5 Å². The summed E-state index contributed by atoms with van der Waals surface area (Å²) in [6, 6.07) is 17.9.